The molecular formula is C19H24N4O3. The van der Waals surface area contributed by atoms with Crippen molar-refractivity contribution < 1.29 is 9.53 Å². The van der Waals surface area contributed by atoms with Gasteiger partial charge in [0.15, 0.2) is 5.82 Å². The monoisotopic (exact) mass is 356 g/mol. The number of fused-ring (bicyclic) bond motifs is 1. The number of aromatic nitrogens is 2. The number of likely N-dealkylation sites (tertiary alicyclic amines) is 1. The van der Waals surface area contributed by atoms with E-state index in [1.807, 2.05) is 34.1 Å². The predicted molar refractivity (Wildman–Crippen MR) is 99.5 cm³/mol. The molecule has 2 aliphatic heterocycles. The smallest absolute Gasteiger partial charge is 0.294 e. The number of morpholine rings is 1. The zero-order valence-electron chi connectivity index (χ0n) is 14.9. The van der Waals surface area contributed by atoms with Crippen LogP contribution < -0.4 is 10.5 Å². The highest BCUT2D eigenvalue weighted by Gasteiger charge is 2.21. The molecule has 0 N–H and O–H groups in total. The second kappa shape index (κ2) is 7.45. The Bertz CT molecular complexity index is 851. The standard InChI is InChI=1S/C19H24N4O3/c24-17(21-8-3-4-9-21)7-10-23-16-6-2-1-5-15(16)20-18(19(23)25)22-11-13-26-14-12-22/h1-2,5-6H,3-4,7-14H2. The van der Waals surface area contributed by atoms with Crippen molar-refractivity contribution in [3.8, 4) is 0 Å². The first kappa shape index (κ1) is 17.0. The molecule has 7 nitrogen and oxygen atoms in total. The topological polar surface area (TPSA) is 67.7 Å². The number of benzene rings is 1. The van der Waals surface area contributed by atoms with E-state index in [9.17, 15) is 9.59 Å². The van der Waals surface area contributed by atoms with E-state index >= 15 is 0 Å². The van der Waals surface area contributed by atoms with Gasteiger partial charge in [0.2, 0.25) is 5.91 Å². The average molecular weight is 356 g/mol. The Morgan fingerprint density at radius 3 is 2.58 bits per heavy atom. The third-order valence-corrected chi connectivity index (χ3v) is 5.15. The summed E-state index contributed by atoms with van der Waals surface area (Å²) >= 11 is 0. The van der Waals surface area contributed by atoms with Crippen LogP contribution in [0.15, 0.2) is 29.1 Å². The zero-order valence-corrected chi connectivity index (χ0v) is 14.9. The third kappa shape index (κ3) is 3.31. The second-order valence-electron chi connectivity index (χ2n) is 6.82. The average Bonchev–Trinajstić information content (AvgIpc) is 3.22. The van der Waals surface area contributed by atoms with Crippen molar-refractivity contribution in [2.24, 2.45) is 0 Å². The molecule has 138 valence electrons. The van der Waals surface area contributed by atoms with Gasteiger partial charge in [0.05, 0.1) is 24.2 Å². The lowest BCUT2D eigenvalue weighted by atomic mass is 10.2. The van der Waals surface area contributed by atoms with Crippen molar-refractivity contribution in [2.45, 2.75) is 25.8 Å². The molecule has 7 heteroatoms. The largest absolute Gasteiger partial charge is 0.378 e. The van der Waals surface area contributed by atoms with Crippen LogP contribution in [0, 0.1) is 0 Å². The van der Waals surface area contributed by atoms with Gasteiger partial charge in [0.1, 0.15) is 0 Å². The molecule has 2 fully saturated rings. The summed E-state index contributed by atoms with van der Waals surface area (Å²) in [6.07, 6.45) is 2.49. The minimum absolute atomic E-state index is 0.125. The van der Waals surface area contributed by atoms with Crippen molar-refractivity contribution in [2.75, 3.05) is 44.3 Å². The summed E-state index contributed by atoms with van der Waals surface area (Å²) in [4.78, 5) is 34.0. The van der Waals surface area contributed by atoms with Crippen molar-refractivity contribution >= 4 is 22.8 Å². The second-order valence-corrected chi connectivity index (χ2v) is 6.82. The van der Waals surface area contributed by atoms with E-state index in [2.05, 4.69) is 4.98 Å². The molecule has 26 heavy (non-hydrogen) atoms. The van der Waals surface area contributed by atoms with Gasteiger partial charge in [-0.15, -0.1) is 0 Å². The summed E-state index contributed by atoms with van der Waals surface area (Å²) < 4.78 is 7.10. The van der Waals surface area contributed by atoms with Gasteiger partial charge >= 0.3 is 0 Å². The number of aryl methyl sites for hydroxylation is 1. The first-order valence-electron chi connectivity index (χ1n) is 9.34. The van der Waals surface area contributed by atoms with Crippen LogP contribution in [0.1, 0.15) is 19.3 Å². The van der Waals surface area contributed by atoms with Crippen LogP contribution in [0.25, 0.3) is 11.0 Å². The number of ether oxygens (including phenoxy) is 1. The maximum Gasteiger partial charge on any atom is 0.294 e. The molecule has 1 aromatic carbocycles. The molecule has 2 aliphatic rings. The minimum atomic E-state index is -0.125. The number of carbonyl (C=O) groups is 1. The zero-order chi connectivity index (χ0) is 17.9. The van der Waals surface area contributed by atoms with Crippen molar-refractivity contribution in [1.82, 2.24) is 14.5 Å². The summed E-state index contributed by atoms with van der Waals surface area (Å²) in [7, 11) is 0. The molecule has 1 amide bonds. The molecular weight excluding hydrogens is 332 g/mol. The molecule has 0 spiro atoms. The number of hydrogen-bond acceptors (Lipinski definition) is 5. The van der Waals surface area contributed by atoms with Crippen molar-refractivity contribution in [3.63, 3.8) is 0 Å². The molecule has 2 aromatic rings. The van der Waals surface area contributed by atoms with E-state index in [-0.39, 0.29) is 11.5 Å². The van der Waals surface area contributed by atoms with Crippen LogP contribution in [0.5, 0.6) is 0 Å². The molecule has 0 radical (unpaired) electrons. The highest BCUT2D eigenvalue weighted by atomic mass is 16.5. The first-order valence-corrected chi connectivity index (χ1v) is 9.34. The lowest BCUT2D eigenvalue weighted by molar-refractivity contribution is -0.130. The highest BCUT2D eigenvalue weighted by molar-refractivity contribution is 5.78. The summed E-state index contributed by atoms with van der Waals surface area (Å²) in [5.74, 6) is 0.587. The number of anilines is 1. The van der Waals surface area contributed by atoms with Crippen molar-refractivity contribution in [1.29, 1.82) is 0 Å². The lowest BCUT2D eigenvalue weighted by Crippen LogP contribution is -2.41. The summed E-state index contributed by atoms with van der Waals surface area (Å²) in [6.45, 7) is 4.58. The predicted octanol–water partition coefficient (Wildman–Crippen LogP) is 1.25. The summed E-state index contributed by atoms with van der Waals surface area (Å²) in [5.41, 5.74) is 1.44. The van der Waals surface area contributed by atoms with Crippen LogP contribution in [0.3, 0.4) is 0 Å². The Morgan fingerprint density at radius 1 is 1.08 bits per heavy atom. The molecule has 2 saturated heterocycles. The number of rotatable bonds is 4. The van der Waals surface area contributed by atoms with E-state index in [0.29, 0.717) is 45.1 Å². The molecule has 0 atom stereocenters. The van der Waals surface area contributed by atoms with E-state index in [0.717, 1.165) is 37.0 Å². The van der Waals surface area contributed by atoms with E-state index < -0.39 is 0 Å². The van der Waals surface area contributed by atoms with Crippen LogP contribution in [-0.2, 0) is 16.1 Å². The van der Waals surface area contributed by atoms with Crippen LogP contribution in [0.2, 0.25) is 0 Å². The Kier molecular flexibility index (Phi) is 4.88. The van der Waals surface area contributed by atoms with Gasteiger partial charge in [0, 0.05) is 39.1 Å². The number of amides is 1. The van der Waals surface area contributed by atoms with Crippen molar-refractivity contribution in [3.05, 3.63) is 34.6 Å². The number of carbonyl (C=O) groups excluding carboxylic acids is 1. The maximum absolute atomic E-state index is 13.1. The van der Waals surface area contributed by atoms with Gasteiger partial charge in [-0.25, -0.2) is 4.98 Å². The molecule has 4 rings (SSSR count). The molecule has 1 aromatic heterocycles. The molecule has 0 aliphatic carbocycles. The van der Waals surface area contributed by atoms with Crippen LogP contribution in [0.4, 0.5) is 5.82 Å². The van der Waals surface area contributed by atoms with Crippen LogP contribution >= 0.6 is 0 Å². The Balaban J connectivity index is 1.66. The fourth-order valence-corrected chi connectivity index (χ4v) is 3.71. The Morgan fingerprint density at radius 2 is 1.81 bits per heavy atom. The van der Waals surface area contributed by atoms with Gasteiger partial charge in [-0.1, -0.05) is 12.1 Å². The molecule has 0 saturated carbocycles. The number of hydrogen-bond donors (Lipinski definition) is 0. The minimum Gasteiger partial charge on any atom is -0.378 e. The van der Waals surface area contributed by atoms with Crippen LogP contribution in [-0.4, -0.2) is 59.8 Å². The third-order valence-electron chi connectivity index (χ3n) is 5.15. The molecule has 0 unspecified atom stereocenters. The fraction of sp³-hybridized carbons (Fsp3) is 0.526. The maximum atomic E-state index is 13.1. The number of nitrogens with zero attached hydrogens (tertiary/aromatic N) is 4. The van der Waals surface area contributed by atoms with Gasteiger partial charge in [0.25, 0.3) is 5.56 Å². The highest BCUT2D eigenvalue weighted by Crippen LogP contribution is 2.16. The quantitative estimate of drug-likeness (QED) is 0.825. The lowest BCUT2D eigenvalue weighted by Gasteiger charge is -2.28. The summed E-state index contributed by atoms with van der Waals surface area (Å²) in [5, 5.41) is 0. The van der Waals surface area contributed by atoms with Gasteiger partial charge in [-0.3, -0.25) is 9.59 Å². The Hall–Kier alpha value is -2.41. The van der Waals surface area contributed by atoms with E-state index in [1.54, 1.807) is 4.57 Å². The fourth-order valence-electron chi connectivity index (χ4n) is 3.71. The molecule has 3 heterocycles. The van der Waals surface area contributed by atoms with E-state index in [4.69, 9.17) is 4.74 Å². The number of para-hydroxylation sites is 2. The SMILES string of the molecule is O=C(CCn1c(=O)c(N2CCOCC2)nc2ccccc21)N1CCCC1. The van der Waals surface area contributed by atoms with Gasteiger partial charge in [-0.2, -0.15) is 0 Å². The first-order chi connectivity index (χ1) is 12.7. The van der Waals surface area contributed by atoms with Gasteiger partial charge in [-0.05, 0) is 25.0 Å². The molecule has 0 bridgehead atoms. The summed E-state index contributed by atoms with van der Waals surface area (Å²) in [6, 6.07) is 7.63. The van der Waals surface area contributed by atoms with Gasteiger partial charge < -0.3 is 19.1 Å². The Labute approximate surface area is 152 Å². The van der Waals surface area contributed by atoms with E-state index in [1.165, 1.54) is 0 Å². The normalized spacial score (nSPS) is 17.8.